The van der Waals surface area contributed by atoms with Crippen LogP contribution in [-0.2, 0) is 27.2 Å². The molecule has 6 nitrogen and oxygen atoms in total. The van der Waals surface area contributed by atoms with E-state index >= 15 is 0 Å². The molecule has 1 atom stereocenters. The maximum Gasteiger partial charge on any atom is 0.349 e. The summed E-state index contributed by atoms with van der Waals surface area (Å²) < 4.78 is 5.39. The maximum absolute atomic E-state index is 12.5. The molecule has 2 N–H and O–H groups in total. The van der Waals surface area contributed by atoms with Crippen molar-refractivity contribution in [1.82, 2.24) is 0 Å². The van der Waals surface area contributed by atoms with Gasteiger partial charge in [0.15, 0.2) is 6.10 Å². The highest BCUT2D eigenvalue weighted by molar-refractivity contribution is 7.14. The number of fused-ring (bicyclic) bond motifs is 1. The van der Waals surface area contributed by atoms with Crippen LogP contribution < -0.4 is 10.6 Å². The molecule has 29 heavy (non-hydrogen) atoms. The van der Waals surface area contributed by atoms with Crippen LogP contribution in [0.25, 0.3) is 0 Å². The molecule has 7 heteroatoms. The second-order valence-electron chi connectivity index (χ2n) is 7.27. The van der Waals surface area contributed by atoms with Gasteiger partial charge in [-0.2, -0.15) is 0 Å². The van der Waals surface area contributed by atoms with Gasteiger partial charge in [-0.25, -0.2) is 4.79 Å². The Labute approximate surface area is 174 Å². The van der Waals surface area contributed by atoms with Gasteiger partial charge in [-0.15, -0.1) is 11.3 Å². The van der Waals surface area contributed by atoms with Crippen molar-refractivity contribution in [3.8, 4) is 0 Å². The summed E-state index contributed by atoms with van der Waals surface area (Å²) in [7, 11) is 0. The van der Waals surface area contributed by atoms with Gasteiger partial charge in [-0.05, 0) is 68.5 Å². The highest BCUT2D eigenvalue weighted by Gasteiger charge is 2.22. The van der Waals surface area contributed by atoms with E-state index in [-0.39, 0.29) is 5.91 Å². The van der Waals surface area contributed by atoms with Gasteiger partial charge in [0.25, 0.3) is 5.91 Å². The molecule has 154 valence electrons. The lowest BCUT2D eigenvalue weighted by atomic mass is 10.00. The number of carbonyl (C=O) groups excluding carboxylic acids is 3. The first kappa shape index (κ1) is 21.0. The van der Waals surface area contributed by atoms with Gasteiger partial charge in [0, 0.05) is 23.2 Å². The molecule has 0 aliphatic heterocycles. The van der Waals surface area contributed by atoms with Crippen molar-refractivity contribution >= 4 is 40.5 Å². The van der Waals surface area contributed by atoms with Crippen molar-refractivity contribution < 1.29 is 19.1 Å². The fourth-order valence-electron chi connectivity index (χ4n) is 3.30. The van der Waals surface area contributed by atoms with E-state index in [1.807, 2.05) is 6.07 Å². The predicted octanol–water partition coefficient (Wildman–Crippen LogP) is 4.55. The molecule has 1 aliphatic rings. The third-order valence-corrected chi connectivity index (χ3v) is 6.04. The number of nitrogens with one attached hydrogen (secondary N) is 2. The number of esters is 1. The van der Waals surface area contributed by atoms with Crippen LogP contribution in [0.1, 0.15) is 59.6 Å². The third kappa shape index (κ3) is 5.90. The van der Waals surface area contributed by atoms with Gasteiger partial charge in [0.05, 0.1) is 0 Å². The Hall–Kier alpha value is -2.67. The summed E-state index contributed by atoms with van der Waals surface area (Å²) >= 11 is 1.49. The molecule has 0 saturated heterocycles. The van der Waals surface area contributed by atoms with Gasteiger partial charge < -0.3 is 15.4 Å². The number of hydrogen-bond donors (Lipinski definition) is 2. The van der Waals surface area contributed by atoms with Gasteiger partial charge in [-0.3, -0.25) is 9.59 Å². The maximum atomic E-state index is 12.5. The van der Waals surface area contributed by atoms with Crippen LogP contribution in [0.4, 0.5) is 11.4 Å². The minimum Gasteiger partial charge on any atom is -0.448 e. The zero-order valence-corrected chi connectivity index (χ0v) is 17.6. The summed E-state index contributed by atoms with van der Waals surface area (Å²) in [5, 5.41) is 5.38. The van der Waals surface area contributed by atoms with Crippen molar-refractivity contribution in [1.29, 1.82) is 0 Å². The van der Waals surface area contributed by atoms with E-state index in [1.54, 1.807) is 31.2 Å². The lowest BCUT2D eigenvalue weighted by molar-refractivity contribution is -0.123. The number of amides is 2. The quantitative estimate of drug-likeness (QED) is 0.703. The summed E-state index contributed by atoms with van der Waals surface area (Å²) in [5.74, 6) is -1.02. The highest BCUT2D eigenvalue weighted by Crippen LogP contribution is 2.29. The first-order valence-corrected chi connectivity index (χ1v) is 10.7. The molecule has 1 heterocycles. The standard InChI is InChI=1S/C22H26N2O4S/c1-14(21(26)24-18-11-9-17(10-12-18)23-15(2)25)28-22(27)20-13-16-7-5-3-4-6-8-19(16)29-20/h9-14H,3-8H2,1-2H3,(H,23,25)(H,24,26). The zero-order valence-electron chi connectivity index (χ0n) is 16.7. The molecule has 0 bridgehead atoms. The SMILES string of the molecule is CC(=O)Nc1ccc(NC(=O)C(C)OC(=O)c2cc3c(s2)CCCCCC3)cc1. The Balaban J connectivity index is 1.57. The number of thiophene rings is 1. The van der Waals surface area contributed by atoms with Crippen molar-refractivity contribution in [2.24, 2.45) is 0 Å². The number of hydrogen-bond acceptors (Lipinski definition) is 5. The van der Waals surface area contributed by atoms with Gasteiger partial charge in [0.2, 0.25) is 5.91 Å². The Morgan fingerprint density at radius 2 is 1.59 bits per heavy atom. The minimum absolute atomic E-state index is 0.163. The van der Waals surface area contributed by atoms with Crippen LogP contribution in [0.3, 0.4) is 0 Å². The van der Waals surface area contributed by atoms with E-state index in [4.69, 9.17) is 4.74 Å². The van der Waals surface area contributed by atoms with Crippen LogP contribution in [0, 0.1) is 0 Å². The topological polar surface area (TPSA) is 84.5 Å². The second kappa shape index (κ2) is 9.69. The summed E-state index contributed by atoms with van der Waals surface area (Å²) in [5.41, 5.74) is 2.45. The Morgan fingerprint density at radius 3 is 2.24 bits per heavy atom. The normalized spacial score (nSPS) is 14.7. The fourth-order valence-corrected chi connectivity index (χ4v) is 4.44. The third-order valence-electron chi connectivity index (χ3n) is 4.82. The average Bonchev–Trinajstić information content (AvgIpc) is 3.05. The molecule has 2 aromatic rings. The molecule has 0 fully saturated rings. The predicted molar refractivity (Wildman–Crippen MR) is 114 cm³/mol. The Kier molecular flexibility index (Phi) is 7.04. The lowest BCUT2D eigenvalue weighted by Gasteiger charge is -2.13. The highest BCUT2D eigenvalue weighted by atomic mass is 32.1. The molecule has 2 amide bonds. The molecule has 0 saturated carbocycles. The Morgan fingerprint density at radius 1 is 0.966 bits per heavy atom. The number of carbonyl (C=O) groups is 3. The summed E-state index contributed by atoms with van der Waals surface area (Å²) in [6.07, 6.45) is 5.88. The van der Waals surface area contributed by atoms with E-state index in [9.17, 15) is 14.4 Å². The molecule has 0 radical (unpaired) electrons. The van der Waals surface area contributed by atoms with E-state index in [0.717, 1.165) is 25.7 Å². The van der Waals surface area contributed by atoms with Crippen LogP contribution >= 0.6 is 11.3 Å². The number of ether oxygens (including phenoxy) is 1. The molecular formula is C22H26N2O4S. The van der Waals surface area contributed by atoms with Gasteiger partial charge >= 0.3 is 5.97 Å². The van der Waals surface area contributed by atoms with Crippen LogP contribution in [0.2, 0.25) is 0 Å². The smallest absolute Gasteiger partial charge is 0.349 e. The van der Waals surface area contributed by atoms with Gasteiger partial charge in [-0.1, -0.05) is 12.8 Å². The van der Waals surface area contributed by atoms with Crippen molar-refractivity contribution in [3.63, 3.8) is 0 Å². The van der Waals surface area contributed by atoms with Crippen molar-refractivity contribution in [2.75, 3.05) is 10.6 Å². The first-order chi connectivity index (χ1) is 13.9. The van der Waals surface area contributed by atoms with E-state index < -0.39 is 18.0 Å². The lowest BCUT2D eigenvalue weighted by Crippen LogP contribution is -2.29. The average molecular weight is 415 g/mol. The van der Waals surface area contributed by atoms with Gasteiger partial charge in [0.1, 0.15) is 4.88 Å². The largest absolute Gasteiger partial charge is 0.448 e. The molecule has 3 rings (SSSR count). The monoisotopic (exact) mass is 414 g/mol. The van der Waals surface area contributed by atoms with Crippen molar-refractivity contribution in [2.45, 2.75) is 58.5 Å². The summed E-state index contributed by atoms with van der Waals surface area (Å²) in [4.78, 5) is 37.8. The zero-order chi connectivity index (χ0) is 20.8. The minimum atomic E-state index is -0.915. The summed E-state index contributed by atoms with van der Waals surface area (Å²) in [6, 6.07) is 8.66. The number of anilines is 2. The number of benzene rings is 1. The second-order valence-corrected chi connectivity index (χ2v) is 8.41. The van der Waals surface area contributed by atoms with Crippen molar-refractivity contribution in [3.05, 3.63) is 45.6 Å². The van der Waals surface area contributed by atoms with E-state index in [0.29, 0.717) is 16.3 Å². The number of aryl methyl sites for hydroxylation is 2. The van der Waals surface area contributed by atoms with Crippen LogP contribution in [0.15, 0.2) is 30.3 Å². The van der Waals surface area contributed by atoms with Crippen LogP contribution in [0.5, 0.6) is 0 Å². The molecule has 1 aromatic carbocycles. The number of rotatable bonds is 5. The molecule has 0 spiro atoms. The molecule has 1 aromatic heterocycles. The Bertz CT molecular complexity index is 863. The fraction of sp³-hybridized carbons (Fsp3) is 0.409. The molecule has 1 aliphatic carbocycles. The molecular weight excluding hydrogens is 388 g/mol. The van der Waals surface area contributed by atoms with Crippen LogP contribution in [-0.4, -0.2) is 23.9 Å². The summed E-state index contributed by atoms with van der Waals surface area (Å²) in [6.45, 7) is 2.99. The first-order valence-electron chi connectivity index (χ1n) is 9.93. The van der Waals surface area contributed by atoms with E-state index in [2.05, 4.69) is 10.6 Å². The van der Waals surface area contributed by atoms with E-state index in [1.165, 1.54) is 41.5 Å². The molecule has 1 unspecified atom stereocenters.